The first-order chi connectivity index (χ1) is 5.06. The second kappa shape index (κ2) is 5.52. The average molecular weight is 162 g/mol. The van der Waals surface area contributed by atoms with Gasteiger partial charge in [-0.15, -0.1) is 0 Å². The summed E-state index contributed by atoms with van der Waals surface area (Å²) < 4.78 is 10.1. The molecule has 0 heterocycles. The molecular formula is C8H18O3. The molecule has 0 aliphatic heterocycles. The molecule has 0 unspecified atom stereocenters. The van der Waals surface area contributed by atoms with E-state index in [1.165, 1.54) is 0 Å². The molecule has 0 aromatic rings. The highest BCUT2D eigenvalue weighted by Gasteiger charge is 2.08. The molecule has 3 heteroatoms. The van der Waals surface area contributed by atoms with Crippen molar-refractivity contribution < 1.29 is 14.6 Å². The van der Waals surface area contributed by atoms with Crippen molar-refractivity contribution in [3.63, 3.8) is 0 Å². The van der Waals surface area contributed by atoms with Crippen LogP contribution in [0.15, 0.2) is 0 Å². The molecule has 0 aliphatic carbocycles. The maximum absolute atomic E-state index is 8.26. The van der Waals surface area contributed by atoms with E-state index >= 15 is 0 Å². The quantitative estimate of drug-likeness (QED) is 0.487. The highest BCUT2D eigenvalue weighted by atomic mass is 16.6. The monoisotopic (exact) mass is 162 g/mol. The molecule has 1 N–H and O–H groups in total. The zero-order valence-corrected chi connectivity index (χ0v) is 7.59. The molecule has 0 bridgehead atoms. The first kappa shape index (κ1) is 10.9. The SMILES string of the molecule is CC(C)(C)OCCCOCO. The number of aliphatic hydroxyl groups is 1. The maximum atomic E-state index is 8.26. The third-order valence-electron chi connectivity index (χ3n) is 1.06. The van der Waals surface area contributed by atoms with Gasteiger partial charge in [0.25, 0.3) is 0 Å². The molecule has 3 nitrogen and oxygen atoms in total. The summed E-state index contributed by atoms with van der Waals surface area (Å²) in [5.74, 6) is 0. The largest absolute Gasteiger partial charge is 0.376 e. The van der Waals surface area contributed by atoms with Crippen LogP contribution in [0.4, 0.5) is 0 Å². The van der Waals surface area contributed by atoms with Gasteiger partial charge >= 0.3 is 0 Å². The maximum Gasteiger partial charge on any atom is 0.143 e. The molecule has 68 valence electrons. The predicted octanol–water partition coefficient (Wildman–Crippen LogP) is 1.16. The fraction of sp³-hybridized carbons (Fsp3) is 1.00. The molecule has 0 saturated carbocycles. The van der Waals surface area contributed by atoms with Crippen molar-refractivity contribution in [3.05, 3.63) is 0 Å². The van der Waals surface area contributed by atoms with Gasteiger partial charge < -0.3 is 14.6 Å². The lowest BCUT2D eigenvalue weighted by Crippen LogP contribution is -2.20. The lowest BCUT2D eigenvalue weighted by atomic mass is 10.2. The van der Waals surface area contributed by atoms with Gasteiger partial charge in [0.05, 0.1) is 12.2 Å². The topological polar surface area (TPSA) is 38.7 Å². The van der Waals surface area contributed by atoms with Crippen LogP contribution >= 0.6 is 0 Å². The smallest absolute Gasteiger partial charge is 0.143 e. The van der Waals surface area contributed by atoms with Gasteiger partial charge in [-0.25, -0.2) is 0 Å². The second-order valence-corrected chi connectivity index (χ2v) is 3.35. The van der Waals surface area contributed by atoms with Crippen molar-refractivity contribution in [2.24, 2.45) is 0 Å². The van der Waals surface area contributed by atoms with E-state index in [1.54, 1.807) is 0 Å². The molecule has 0 amide bonds. The zero-order valence-electron chi connectivity index (χ0n) is 7.59. The van der Waals surface area contributed by atoms with Crippen LogP contribution in [0.2, 0.25) is 0 Å². The lowest BCUT2D eigenvalue weighted by molar-refractivity contribution is -0.0356. The van der Waals surface area contributed by atoms with Gasteiger partial charge in [-0.1, -0.05) is 0 Å². The molecule has 0 aromatic carbocycles. The normalized spacial score (nSPS) is 12.0. The first-order valence-electron chi connectivity index (χ1n) is 3.89. The molecule has 0 rings (SSSR count). The molecule has 0 spiro atoms. The summed E-state index contributed by atoms with van der Waals surface area (Å²) in [4.78, 5) is 0. The third-order valence-corrected chi connectivity index (χ3v) is 1.06. The molecule has 0 aliphatic rings. The first-order valence-corrected chi connectivity index (χ1v) is 3.89. The molecule has 11 heavy (non-hydrogen) atoms. The van der Waals surface area contributed by atoms with Gasteiger partial charge in [0.2, 0.25) is 0 Å². The van der Waals surface area contributed by atoms with Crippen LogP contribution in [-0.2, 0) is 9.47 Å². The summed E-state index contributed by atoms with van der Waals surface area (Å²) in [6, 6.07) is 0. The fourth-order valence-corrected chi connectivity index (χ4v) is 0.604. The van der Waals surface area contributed by atoms with Gasteiger partial charge in [-0.3, -0.25) is 0 Å². The number of hydrogen-bond donors (Lipinski definition) is 1. The zero-order chi connectivity index (χ0) is 8.74. The van der Waals surface area contributed by atoms with Crippen LogP contribution in [-0.4, -0.2) is 30.7 Å². The highest BCUT2D eigenvalue weighted by molar-refractivity contribution is 4.57. The molecule has 0 radical (unpaired) electrons. The van der Waals surface area contributed by atoms with Crippen LogP contribution in [0.5, 0.6) is 0 Å². The summed E-state index contributed by atoms with van der Waals surface area (Å²) in [7, 11) is 0. The van der Waals surface area contributed by atoms with Crippen molar-refractivity contribution in [3.8, 4) is 0 Å². The Kier molecular flexibility index (Phi) is 5.46. The van der Waals surface area contributed by atoms with Crippen LogP contribution in [0.3, 0.4) is 0 Å². The molecular weight excluding hydrogens is 144 g/mol. The third kappa shape index (κ3) is 9.88. The Morgan fingerprint density at radius 3 is 2.27 bits per heavy atom. The Balaban J connectivity index is 3.02. The van der Waals surface area contributed by atoms with E-state index in [1.807, 2.05) is 20.8 Å². The van der Waals surface area contributed by atoms with E-state index < -0.39 is 0 Å². The van der Waals surface area contributed by atoms with Crippen LogP contribution < -0.4 is 0 Å². The van der Waals surface area contributed by atoms with Gasteiger partial charge in [0, 0.05) is 6.61 Å². The van der Waals surface area contributed by atoms with Crippen molar-refractivity contribution in [1.29, 1.82) is 0 Å². The Bertz CT molecular complexity index is 85.8. The highest BCUT2D eigenvalue weighted by Crippen LogP contribution is 2.06. The van der Waals surface area contributed by atoms with E-state index in [0.717, 1.165) is 6.42 Å². The molecule has 0 fully saturated rings. The van der Waals surface area contributed by atoms with Gasteiger partial charge in [0.15, 0.2) is 0 Å². The molecule has 0 aromatic heterocycles. The number of hydrogen-bond acceptors (Lipinski definition) is 3. The number of aliphatic hydroxyl groups excluding tert-OH is 1. The van der Waals surface area contributed by atoms with Crippen molar-refractivity contribution in [2.75, 3.05) is 20.0 Å². The summed E-state index contributed by atoms with van der Waals surface area (Å²) >= 11 is 0. The van der Waals surface area contributed by atoms with E-state index in [-0.39, 0.29) is 12.4 Å². The average Bonchev–Trinajstić information content (AvgIpc) is 1.85. The van der Waals surface area contributed by atoms with E-state index in [9.17, 15) is 0 Å². The van der Waals surface area contributed by atoms with Crippen molar-refractivity contribution in [2.45, 2.75) is 32.8 Å². The van der Waals surface area contributed by atoms with E-state index in [2.05, 4.69) is 0 Å². The van der Waals surface area contributed by atoms with E-state index in [4.69, 9.17) is 14.6 Å². The Morgan fingerprint density at radius 1 is 1.18 bits per heavy atom. The summed E-state index contributed by atoms with van der Waals surface area (Å²) in [5, 5.41) is 8.26. The molecule has 0 atom stereocenters. The lowest BCUT2D eigenvalue weighted by Gasteiger charge is -2.19. The van der Waals surface area contributed by atoms with Crippen molar-refractivity contribution >= 4 is 0 Å². The number of ether oxygens (including phenoxy) is 2. The Labute approximate surface area is 68.3 Å². The van der Waals surface area contributed by atoms with E-state index in [0.29, 0.717) is 13.2 Å². The van der Waals surface area contributed by atoms with Gasteiger partial charge in [-0.05, 0) is 27.2 Å². The summed E-state index contributed by atoms with van der Waals surface area (Å²) in [6.45, 7) is 7.09. The standard InChI is InChI=1S/C8H18O3/c1-8(2,3)11-6-4-5-10-7-9/h9H,4-7H2,1-3H3. The fourth-order valence-electron chi connectivity index (χ4n) is 0.604. The second-order valence-electron chi connectivity index (χ2n) is 3.35. The Morgan fingerprint density at radius 2 is 1.82 bits per heavy atom. The predicted molar refractivity (Wildman–Crippen MR) is 43.4 cm³/mol. The minimum Gasteiger partial charge on any atom is -0.376 e. The van der Waals surface area contributed by atoms with Gasteiger partial charge in [0.1, 0.15) is 6.79 Å². The minimum absolute atomic E-state index is 0.0702. The summed E-state index contributed by atoms with van der Waals surface area (Å²) in [6.07, 6.45) is 0.831. The van der Waals surface area contributed by atoms with Crippen molar-refractivity contribution in [1.82, 2.24) is 0 Å². The van der Waals surface area contributed by atoms with Gasteiger partial charge in [-0.2, -0.15) is 0 Å². The Hall–Kier alpha value is -0.120. The molecule has 0 saturated heterocycles. The van der Waals surface area contributed by atoms with Crippen LogP contribution in [0.1, 0.15) is 27.2 Å². The van der Waals surface area contributed by atoms with Crippen LogP contribution in [0.25, 0.3) is 0 Å². The number of rotatable bonds is 5. The van der Waals surface area contributed by atoms with Crippen LogP contribution in [0, 0.1) is 0 Å². The summed E-state index contributed by atoms with van der Waals surface area (Å²) in [5.41, 5.74) is -0.0702. The minimum atomic E-state index is -0.199.